The number of amides is 1. The fourth-order valence-corrected chi connectivity index (χ4v) is 3.17. The number of carbonyl (C=O) groups excluding carboxylic acids is 1. The van der Waals surface area contributed by atoms with Gasteiger partial charge in [0.25, 0.3) is 5.91 Å². The van der Waals surface area contributed by atoms with Crippen LogP contribution in [0.5, 0.6) is 0 Å². The number of benzene rings is 2. The van der Waals surface area contributed by atoms with E-state index >= 15 is 0 Å². The highest BCUT2D eigenvalue weighted by atomic mass is 79.9. The summed E-state index contributed by atoms with van der Waals surface area (Å²) in [5.41, 5.74) is 0.799. The molecule has 0 N–H and O–H groups in total. The zero-order chi connectivity index (χ0) is 13.2. The van der Waals surface area contributed by atoms with Gasteiger partial charge in [-0.05, 0) is 48.2 Å². The molecule has 3 rings (SSSR count). The number of piperidine rings is 1. The van der Waals surface area contributed by atoms with E-state index in [0.29, 0.717) is 0 Å². The second-order valence-electron chi connectivity index (χ2n) is 5.03. The Labute approximate surface area is 121 Å². The van der Waals surface area contributed by atoms with Crippen LogP contribution in [0.2, 0.25) is 0 Å². The summed E-state index contributed by atoms with van der Waals surface area (Å²) < 4.78 is 1.07. The van der Waals surface area contributed by atoms with Crippen molar-refractivity contribution in [1.29, 1.82) is 0 Å². The summed E-state index contributed by atoms with van der Waals surface area (Å²) in [4.78, 5) is 14.4. The Hall–Kier alpha value is -1.35. The first-order valence-corrected chi connectivity index (χ1v) is 7.52. The first-order valence-electron chi connectivity index (χ1n) is 6.73. The molecule has 2 aromatic carbocycles. The summed E-state index contributed by atoms with van der Waals surface area (Å²) in [6.07, 6.45) is 3.50. The highest BCUT2D eigenvalue weighted by Crippen LogP contribution is 2.25. The lowest BCUT2D eigenvalue weighted by Crippen LogP contribution is -2.35. The van der Waals surface area contributed by atoms with Gasteiger partial charge in [-0.25, -0.2) is 0 Å². The number of nitrogens with zero attached hydrogens (tertiary/aromatic N) is 1. The van der Waals surface area contributed by atoms with Crippen molar-refractivity contribution in [2.24, 2.45) is 0 Å². The van der Waals surface area contributed by atoms with Crippen LogP contribution in [0, 0.1) is 0 Å². The lowest BCUT2D eigenvalue weighted by Gasteiger charge is -2.26. The van der Waals surface area contributed by atoms with E-state index in [1.165, 1.54) is 6.42 Å². The van der Waals surface area contributed by atoms with Crippen LogP contribution in [0.15, 0.2) is 40.9 Å². The molecule has 0 aromatic heterocycles. The molecule has 0 radical (unpaired) electrons. The van der Waals surface area contributed by atoms with E-state index in [-0.39, 0.29) is 5.91 Å². The third-order valence-electron chi connectivity index (χ3n) is 3.72. The number of halogens is 1. The molecule has 1 saturated heterocycles. The Morgan fingerprint density at radius 1 is 1.05 bits per heavy atom. The lowest BCUT2D eigenvalue weighted by molar-refractivity contribution is 0.0724. The molecule has 1 amide bonds. The van der Waals surface area contributed by atoms with Crippen LogP contribution in [0.25, 0.3) is 10.8 Å². The zero-order valence-corrected chi connectivity index (χ0v) is 12.3. The molecule has 0 unspecified atom stereocenters. The summed E-state index contributed by atoms with van der Waals surface area (Å²) in [6, 6.07) is 12.0. The van der Waals surface area contributed by atoms with Gasteiger partial charge in [-0.2, -0.15) is 0 Å². The smallest absolute Gasteiger partial charge is 0.253 e. The molecule has 1 fully saturated rings. The van der Waals surface area contributed by atoms with Gasteiger partial charge in [0.2, 0.25) is 0 Å². The van der Waals surface area contributed by atoms with Gasteiger partial charge >= 0.3 is 0 Å². The van der Waals surface area contributed by atoms with Crippen LogP contribution >= 0.6 is 15.9 Å². The number of hydrogen-bond acceptors (Lipinski definition) is 1. The molecule has 0 bridgehead atoms. The molecule has 98 valence electrons. The SMILES string of the molecule is O=C(c1ccc2c(Br)cccc2c1)N1CCCCC1. The van der Waals surface area contributed by atoms with Crippen molar-refractivity contribution in [3.05, 3.63) is 46.4 Å². The van der Waals surface area contributed by atoms with E-state index in [4.69, 9.17) is 0 Å². The second-order valence-corrected chi connectivity index (χ2v) is 5.88. The molecule has 1 heterocycles. The number of fused-ring (bicyclic) bond motifs is 1. The minimum Gasteiger partial charge on any atom is -0.339 e. The lowest BCUT2D eigenvalue weighted by atomic mass is 10.0. The predicted molar refractivity (Wildman–Crippen MR) is 81.4 cm³/mol. The number of likely N-dealkylation sites (tertiary alicyclic amines) is 1. The fraction of sp³-hybridized carbons (Fsp3) is 0.312. The predicted octanol–water partition coefficient (Wildman–Crippen LogP) is 4.23. The molecular weight excluding hydrogens is 302 g/mol. The van der Waals surface area contributed by atoms with E-state index in [1.54, 1.807) is 0 Å². The van der Waals surface area contributed by atoms with Crippen LogP contribution < -0.4 is 0 Å². The summed E-state index contributed by atoms with van der Waals surface area (Å²) in [7, 11) is 0. The number of hydrogen-bond donors (Lipinski definition) is 0. The van der Waals surface area contributed by atoms with Gasteiger partial charge in [0.15, 0.2) is 0 Å². The number of rotatable bonds is 1. The third kappa shape index (κ3) is 2.52. The molecule has 2 nitrogen and oxygen atoms in total. The van der Waals surface area contributed by atoms with Gasteiger partial charge in [0.05, 0.1) is 0 Å². The van der Waals surface area contributed by atoms with E-state index < -0.39 is 0 Å². The summed E-state index contributed by atoms with van der Waals surface area (Å²) in [5, 5.41) is 2.26. The maximum absolute atomic E-state index is 12.4. The van der Waals surface area contributed by atoms with Gasteiger partial charge in [-0.3, -0.25) is 4.79 Å². The Morgan fingerprint density at radius 3 is 2.63 bits per heavy atom. The monoisotopic (exact) mass is 317 g/mol. The van der Waals surface area contributed by atoms with Crippen molar-refractivity contribution in [2.45, 2.75) is 19.3 Å². The highest BCUT2D eigenvalue weighted by molar-refractivity contribution is 9.10. The van der Waals surface area contributed by atoms with Gasteiger partial charge in [-0.1, -0.05) is 34.1 Å². The minimum absolute atomic E-state index is 0.168. The van der Waals surface area contributed by atoms with Crippen molar-refractivity contribution < 1.29 is 4.79 Å². The molecule has 0 saturated carbocycles. The minimum atomic E-state index is 0.168. The Bertz CT molecular complexity index is 617. The standard InChI is InChI=1S/C16H16BrNO/c17-15-6-4-5-12-11-13(7-8-14(12)15)16(19)18-9-2-1-3-10-18/h4-8,11H,1-3,9-10H2. The molecule has 2 aromatic rings. The van der Waals surface area contributed by atoms with E-state index in [0.717, 1.165) is 46.7 Å². The molecule has 3 heteroatoms. The van der Waals surface area contributed by atoms with Crippen molar-refractivity contribution >= 4 is 32.6 Å². The molecule has 0 atom stereocenters. The molecule has 0 aliphatic carbocycles. The fourth-order valence-electron chi connectivity index (χ4n) is 2.66. The quantitative estimate of drug-likeness (QED) is 0.770. The molecule has 0 spiro atoms. The number of carbonyl (C=O) groups is 1. The van der Waals surface area contributed by atoms with Crippen LogP contribution in [0.4, 0.5) is 0 Å². The summed E-state index contributed by atoms with van der Waals surface area (Å²) >= 11 is 3.54. The summed E-state index contributed by atoms with van der Waals surface area (Å²) in [6.45, 7) is 1.80. The van der Waals surface area contributed by atoms with Gasteiger partial charge in [-0.15, -0.1) is 0 Å². The van der Waals surface area contributed by atoms with Gasteiger partial charge in [0, 0.05) is 23.1 Å². The van der Waals surface area contributed by atoms with Crippen molar-refractivity contribution in [1.82, 2.24) is 4.90 Å². The Balaban J connectivity index is 1.94. The van der Waals surface area contributed by atoms with Crippen LogP contribution in [-0.4, -0.2) is 23.9 Å². The van der Waals surface area contributed by atoms with Crippen molar-refractivity contribution in [3.63, 3.8) is 0 Å². The van der Waals surface area contributed by atoms with Crippen LogP contribution in [-0.2, 0) is 0 Å². The normalized spacial score (nSPS) is 15.7. The van der Waals surface area contributed by atoms with Crippen molar-refractivity contribution in [3.8, 4) is 0 Å². The maximum Gasteiger partial charge on any atom is 0.253 e. The van der Waals surface area contributed by atoms with E-state index in [9.17, 15) is 4.79 Å². The summed E-state index contributed by atoms with van der Waals surface area (Å²) in [5.74, 6) is 0.168. The highest BCUT2D eigenvalue weighted by Gasteiger charge is 2.18. The third-order valence-corrected chi connectivity index (χ3v) is 4.41. The Morgan fingerprint density at radius 2 is 1.84 bits per heavy atom. The van der Waals surface area contributed by atoms with Crippen molar-refractivity contribution in [2.75, 3.05) is 13.1 Å². The van der Waals surface area contributed by atoms with E-state index in [2.05, 4.69) is 15.9 Å². The van der Waals surface area contributed by atoms with Gasteiger partial charge in [0.1, 0.15) is 0 Å². The zero-order valence-electron chi connectivity index (χ0n) is 10.7. The molecule has 19 heavy (non-hydrogen) atoms. The average Bonchev–Trinajstić information content (AvgIpc) is 2.47. The van der Waals surface area contributed by atoms with E-state index in [1.807, 2.05) is 41.3 Å². The molecule has 1 aliphatic heterocycles. The van der Waals surface area contributed by atoms with Gasteiger partial charge < -0.3 is 4.90 Å². The molecule has 1 aliphatic rings. The Kier molecular flexibility index (Phi) is 3.56. The largest absolute Gasteiger partial charge is 0.339 e. The maximum atomic E-state index is 12.4. The molecular formula is C16H16BrNO. The first-order chi connectivity index (χ1) is 9.25. The van der Waals surface area contributed by atoms with Crippen LogP contribution in [0.1, 0.15) is 29.6 Å². The second kappa shape index (κ2) is 5.33. The van der Waals surface area contributed by atoms with Crippen LogP contribution in [0.3, 0.4) is 0 Å². The average molecular weight is 318 g/mol. The topological polar surface area (TPSA) is 20.3 Å². The first kappa shape index (κ1) is 12.7.